The zero-order chi connectivity index (χ0) is 16.9. The number of rotatable bonds is 6. The molecule has 0 amide bonds. The Morgan fingerprint density at radius 2 is 1.88 bits per heavy atom. The first-order valence-electron chi connectivity index (χ1n) is 7.65. The minimum Gasteiger partial charge on any atom is -0.497 e. The molecule has 0 bridgehead atoms. The van der Waals surface area contributed by atoms with Gasteiger partial charge >= 0.3 is 0 Å². The molecule has 2 aromatic carbocycles. The molecule has 0 spiro atoms. The van der Waals surface area contributed by atoms with Gasteiger partial charge in [-0.2, -0.15) is 0 Å². The molecule has 0 radical (unpaired) electrons. The minimum atomic E-state index is -1.06. The number of oxazole rings is 1. The molecule has 1 atom stereocenters. The average molecular weight is 341 g/mol. The molecular weight excluding hydrogens is 322 g/mol. The van der Waals surface area contributed by atoms with E-state index in [9.17, 15) is 4.21 Å². The fourth-order valence-corrected chi connectivity index (χ4v) is 3.64. The lowest BCUT2D eigenvalue weighted by molar-refractivity contribution is 0.414. The summed E-state index contributed by atoms with van der Waals surface area (Å²) in [4.78, 5) is 4.51. The molecule has 0 aliphatic rings. The summed E-state index contributed by atoms with van der Waals surface area (Å²) in [7, 11) is 0.561. The van der Waals surface area contributed by atoms with Crippen LogP contribution >= 0.6 is 0 Å². The lowest BCUT2D eigenvalue weighted by Crippen LogP contribution is -2.01. The predicted octanol–water partition coefficient (Wildman–Crippen LogP) is 4.11. The third kappa shape index (κ3) is 3.92. The second kappa shape index (κ2) is 7.45. The van der Waals surface area contributed by atoms with Crippen molar-refractivity contribution in [1.29, 1.82) is 0 Å². The van der Waals surface area contributed by atoms with Gasteiger partial charge in [-0.15, -0.1) is 0 Å². The van der Waals surface area contributed by atoms with E-state index in [1.54, 1.807) is 7.11 Å². The van der Waals surface area contributed by atoms with Crippen molar-refractivity contribution >= 4 is 10.8 Å². The van der Waals surface area contributed by atoms with Crippen LogP contribution in [-0.2, 0) is 22.3 Å². The van der Waals surface area contributed by atoms with Crippen LogP contribution in [0.25, 0.3) is 11.5 Å². The highest BCUT2D eigenvalue weighted by Crippen LogP contribution is 2.23. The maximum absolute atomic E-state index is 12.5. The van der Waals surface area contributed by atoms with Crippen molar-refractivity contribution in [2.75, 3.05) is 7.11 Å². The van der Waals surface area contributed by atoms with Gasteiger partial charge in [0.05, 0.1) is 18.6 Å². The van der Waals surface area contributed by atoms with Gasteiger partial charge in [0.25, 0.3) is 0 Å². The molecule has 1 aromatic heterocycles. The van der Waals surface area contributed by atoms with Gasteiger partial charge in [0, 0.05) is 22.1 Å². The van der Waals surface area contributed by atoms with Crippen LogP contribution in [0.3, 0.4) is 0 Å². The summed E-state index contributed by atoms with van der Waals surface area (Å²) in [6.07, 6.45) is 0. The van der Waals surface area contributed by atoms with E-state index < -0.39 is 10.8 Å². The first kappa shape index (κ1) is 16.5. The first-order chi connectivity index (χ1) is 11.7. The van der Waals surface area contributed by atoms with Crippen LogP contribution in [0.2, 0.25) is 0 Å². The molecule has 0 aliphatic heterocycles. The highest BCUT2D eigenvalue weighted by molar-refractivity contribution is 7.83. The molecule has 0 N–H and O–H groups in total. The average Bonchev–Trinajstić information content (AvgIpc) is 2.96. The summed E-state index contributed by atoms with van der Waals surface area (Å²) < 4.78 is 23.4. The Bertz CT molecular complexity index is 843. The number of aromatic nitrogens is 1. The molecular formula is C19H19NO3S. The highest BCUT2D eigenvalue weighted by Gasteiger charge is 2.14. The summed E-state index contributed by atoms with van der Waals surface area (Å²) in [5.74, 6) is 2.90. The quantitative estimate of drug-likeness (QED) is 0.677. The maximum Gasteiger partial charge on any atom is 0.226 e. The van der Waals surface area contributed by atoms with E-state index in [4.69, 9.17) is 9.15 Å². The van der Waals surface area contributed by atoms with Gasteiger partial charge in [-0.1, -0.05) is 30.3 Å². The van der Waals surface area contributed by atoms with Crippen molar-refractivity contribution in [1.82, 2.24) is 4.98 Å². The molecule has 3 aromatic rings. The Morgan fingerprint density at radius 3 is 2.62 bits per heavy atom. The van der Waals surface area contributed by atoms with Gasteiger partial charge in [-0.3, -0.25) is 4.21 Å². The zero-order valence-electron chi connectivity index (χ0n) is 13.7. The van der Waals surface area contributed by atoms with Crippen LogP contribution in [0.4, 0.5) is 0 Å². The number of hydrogen-bond acceptors (Lipinski definition) is 4. The number of ether oxygens (including phenoxy) is 1. The Kier molecular flexibility index (Phi) is 5.11. The van der Waals surface area contributed by atoms with E-state index in [1.165, 1.54) is 0 Å². The SMILES string of the molecule is COc1cccc(C[S@@](=O)Cc2nc(-c3ccccc3)oc2C)c1. The van der Waals surface area contributed by atoms with Crippen molar-refractivity contribution in [3.8, 4) is 17.2 Å². The first-order valence-corrected chi connectivity index (χ1v) is 9.14. The monoisotopic (exact) mass is 341 g/mol. The molecule has 0 fully saturated rings. The molecule has 124 valence electrons. The number of benzene rings is 2. The smallest absolute Gasteiger partial charge is 0.226 e. The molecule has 0 saturated carbocycles. The van der Waals surface area contributed by atoms with Crippen molar-refractivity contribution in [3.05, 3.63) is 71.6 Å². The summed E-state index contributed by atoms with van der Waals surface area (Å²) in [6, 6.07) is 17.4. The van der Waals surface area contributed by atoms with Crippen LogP contribution in [0.1, 0.15) is 17.0 Å². The zero-order valence-corrected chi connectivity index (χ0v) is 14.5. The van der Waals surface area contributed by atoms with E-state index in [1.807, 2.05) is 61.5 Å². The predicted molar refractivity (Wildman–Crippen MR) is 95.2 cm³/mol. The molecule has 0 unspecified atom stereocenters. The van der Waals surface area contributed by atoms with Crippen molar-refractivity contribution in [2.24, 2.45) is 0 Å². The second-order valence-corrected chi connectivity index (χ2v) is 6.92. The summed E-state index contributed by atoms with van der Waals surface area (Å²) in [6.45, 7) is 1.86. The molecule has 5 heteroatoms. The Morgan fingerprint density at radius 1 is 1.08 bits per heavy atom. The molecule has 0 saturated heterocycles. The fourth-order valence-electron chi connectivity index (χ4n) is 2.42. The van der Waals surface area contributed by atoms with Crippen LogP contribution in [0, 0.1) is 6.92 Å². The van der Waals surface area contributed by atoms with Gasteiger partial charge in [0.15, 0.2) is 0 Å². The lowest BCUT2D eigenvalue weighted by Gasteiger charge is -2.04. The minimum absolute atomic E-state index is 0.374. The van der Waals surface area contributed by atoms with Gasteiger partial charge in [0.2, 0.25) is 5.89 Å². The van der Waals surface area contributed by atoms with Crippen LogP contribution in [0.5, 0.6) is 5.75 Å². The third-order valence-corrected chi connectivity index (χ3v) is 4.92. The number of methoxy groups -OCH3 is 1. The maximum atomic E-state index is 12.5. The van der Waals surface area contributed by atoms with Gasteiger partial charge in [0.1, 0.15) is 11.5 Å². The van der Waals surface area contributed by atoms with Crippen molar-refractivity contribution < 1.29 is 13.4 Å². The van der Waals surface area contributed by atoms with Gasteiger partial charge in [-0.25, -0.2) is 4.98 Å². The molecule has 3 rings (SSSR count). The van der Waals surface area contributed by atoms with Crippen LogP contribution in [-0.4, -0.2) is 16.3 Å². The Labute approximate surface area is 144 Å². The normalized spacial score (nSPS) is 12.1. The number of nitrogens with zero attached hydrogens (tertiary/aromatic N) is 1. The molecule has 24 heavy (non-hydrogen) atoms. The summed E-state index contributed by atoms with van der Waals surface area (Å²) >= 11 is 0. The summed E-state index contributed by atoms with van der Waals surface area (Å²) in [5.41, 5.74) is 2.65. The van der Waals surface area contributed by atoms with E-state index >= 15 is 0 Å². The van der Waals surface area contributed by atoms with E-state index in [0.29, 0.717) is 23.2 Å². The largest absolute Gasteiger partial charge is 0.497 e. The summed E-state index contributed by atoms with van der Waals surface area (Å²) in [5, 5.41) is 0. The van der Waals surface area contributed by atoms with Crippen molar-refractivity contribution in [3.63, 3.8) is 0 Å². The van der Waals surface area contributed by atoms with E-state index in [-0.39, 0.29) is 0 Å². The van der Waals surface area contributed by atoms with E-state index in [0.717, 1.165) is 22.6 Å². The topological polar surface area (TPSA) is 52.3 Å². The van der Waals surface area contributed by atoms with Crippen molar-refractivity contribution in [2.45, 2.75) is 18.4 Å². The van der Waals surface area contributed by atoms with Crippen LogP contribution < -0.4 is 4.74 Å². The number of aryl methyl sites for hydroxylation is 1. The molecule has 0 aliphatic carbocycles. The second-order valence-electron chi connectivity index (χ2n) is 5.47. The van der Waals surface area contributed by atoms with Gasteiger partial charge in [-0.05, 0) is 36.8 Å². The van der Waals surface area contributed by atoms with Crippen LogP contribution in [0.15, 0.2) is 59.0 Å². The lowest BCUT2D eigenvalue weighted by atomic mass is 10.2. The molecule has 4 nitrogen and oxygen atoms in total. The fraction of sp³-hybridized carbons (Fsp3) is 0.211. The highest BCUT2D eigenvalue weighted by atomic mass is 32.2. The van der Waals surface area contributed by atoms with E-state index in [2.05, 4.69) is 4.98 Å². The number of hydrogen-bond donors (Lipinski definition) is 0. The molecule has 1 heterocycles. The Balaban J connectivity index is 1.71. The Hall–Kier alpha value is -2.40. The third-order valence-electron chi connectivity index (χ3n) is 3.67. The van der Waals surface area contributed by atoms with Gasteiger partial charge < -0.3 is 9.15 Å². The standard InChI is InChI=1S/C19H19NO3S/c1-14-18(20-19(23-14)16-8-4-3-5-9-16)13-24(21)12-15-7-6-10-17(11-15)22-2/h3-11H,12-13H2,1-2H3/t24-/m1/s1.